The fraction of sp³-hybridized carbons (Fsp3) is 0.714. The van der Waals surface area contributed by atoms with Crippen LogP contribution >= 0.6 is 0 Å². The van der Waals surface area contributed by atoms with Crippen molar-refractivity contribution >= 4 is 12.1 Å². The predicted molar refractivity (Wildman–Crippen MR) is 73.5 cm³/mol. The Bertz CT molecular complexity index is 378. The molecule has 1 amide bonds. The topological polar surface area (TPSA) is 84.9 Å². The Morgan fingerprint density at radius 1 is 1.35 bits per heavy atom. The Kier molecular flexibility index (Phi) is 5.56. The van der Waals surface area contributed by atoms with Gasteiger partial charge in [0.05, 0.1) is 5.54 Å². The number of rotatable bonds is 4. The molecule has 114 valence electrons. The number of carboxylic acids is 1. The highest BCUT2D eigenvalue weighted by atomic mass is 16.6. The molecule has 6 nitrogen and oxygen atoms in total. The van der Waals surface area contributed by atoms with Crippen LogP contribution in [0.3, 0.4) is 0 Å². The first-order chi connectivity index (χ1) is 9.22. The van der Waals surface area contributed by atoms with Crippen molar-refractivity contribution in [1.29, 1.82) is 0 Å². The van der Waals surface area contributed by atoms with Crippen molar-refractivity contribution in [3.05, 3.63) is 12.2 Å². The molecule has 1 aliphatic rings. The van der Waals surface area contributed by atoms with E-state index in [-0.39, 0.29) is 0 Å². The van der Waals surface area contributed by atoms with Gasteiger partial charge >= 0.3 is 12.1 Å². The van der Waals surface area contributed by atoms with Crippen LogP contribution in [0.15, 0.2) is 12.2 Å². The monoisotopic (exact) mass is 285 g/mol. The highest BCUT2D eigenvalue weighted by molar-refractivity contribution is 5.79. The van der Waals surface area contributed by atoms with E-state index in [9.17, 15) is 9.59 Å². The number of alkyl carbamates (subject to hydrolysis) is 1. The molecule has 2 N–H and O–H groups in total. The summed E-state index contributed by atoms with van der Waals surface area (Å²) >= 11 is 0. The Balaban J connectivity index is 2.68. The molecule has 0 bridgehead atoms. The van der Waals surface area contributed by atoms with Crippen LogP contribution in [0.4, 0.5) is 4.79 Å². The highest BCUT2D eigenvalue weighted by Gasteiger charge is 2.34. The summed E-state index contributed by atoms with van der Waals surface area (Å²) in [5.41, 5.74) is -1.06. The van der Waals surface area contributed by atoms with E-state index in [0.29, 0.717) is 32.5 Å². The first-order valence-electron chi connectivity index (χ1n) is 6.71. The number of nitrogens with one attached hydrogen (secondary N) is 1. The van der Waals surface area contributed by atoms with Gasteiger partial charge in [-0.2, -0.15) is 0 Å². The average molecular weight is 285 g/mol. The van der Waals surface area contributed by atoms with Gasteiger partial charge in [0.2, 0.25) is 0 Å². The van der Waals surface area contributed by atoms with E-state index < -0.39 is 23.2 Å². The van der Waals surface area contributed by atoms with Crippen molar-refractivity contribution in [3.63, 3.8) is 0 Å². The first kappa shape index (κ1) is 16.5. The Hall–Kier alpha value is -1.56. The Morgan fingerprint density at radius 2 is 1.95 bits per heavy atom. The molecule has 0 unspecified atom stereocenters. The molecule has 0 radical (unpaired) electrons. The smallest absolute Gasteiger partial charge is 0.408 e. The SMILES string of the molecule is CC(C)(C)OC(=O)NC1(C/C=C/C(=O)O)CCOCC1. The molecular formula is C14H23NO5. The number of amides is 1. The van der Waals surface area contributed by atoms with Crippen LogP contribution in [0.2, 0.25) is 0 Å². The summed E-state index contributed by atoms with van der Waals surface area (Å²) in [4.78, 5) is 22.4. The molecule has 1 aliphatic heterocycles. The van der Waals surface area contributed by atoms with Gasteiger partial charge in [-0.25, -0.2) is 9.59 Å². The maximum atomic E-state index is 11.9. The molecule has 0 aliphatic carbocycles. The van der Waals surface area contributed by atoms with Gasteiger partial charge in [-0.05, 0) is 40.0 Å². The lowest BCUT2D eigenvalue weighted by Gasteiger charge is -2.37. The van der Waals surface area contributed by atoms with Crippen molar-refractivity contribution in [1.82, 2.24) is 5.32 Å². The molecule has 0 aromatic heterocycles. The molecule has 0 aromatic rings. The fourth-order valence-corrected chi connectivity index (χ4v) is 2.05. The minimum absolute atomic E-state index is 0.446. The molecule has 1 saturated heterocycles. The molecule has 0 saturated carbocycles. The van der Waals surface area contributed by atoms with E-state index in [0.717, 1.165) is 6.08 Å². The van der Waals surface area contributed by atoms with Gasteiger partial charge in [0.25, 0.3) is 0 Å². The Morgan fingerprint density at radius 3 is 2.45 bits per heavy atom. The van der Waals surface area contributed by atoms with Crippen LogP contribution in [0.5, 0.6) is 0 Å². The zero-order valence-electron chi connectivity index (χ0n) is 12.3. The van der Waals surface area contributed by atoms with Gasteiger partial charge < -0.3 is 19.9 Å². The van der Waals surface area contributed by atoms with Crippen LogP contribution in [-0.4, -0.2) is 41.5 Å². The molecule has 1 heterocycles. The highest BCUT2D eigenvalue weighted by Crippen LogP contribution is 2.25. The zero-order valence-corrected chi connectivity index (χ0v) is 12.3. The summed E-state index contributed by atoms with van der Waals surface area (Å²) in [6.07, 6.45) is 3.89. The van der Waals surface area contributed by atoms with Crippen LogP contribution in [0.25, 0.3) is 0 Å². The summed E-state index contributed by atoms with van der Waals surface area (Å²) in [6.45, 7) is 6.47. The first-order valence-corrected chi connectivity index (χ1v) is 6.71. The molecule has 0 aromatic carbocycles. The normalized spacial score (nSPS) is 18.8. The number of carboxylic acid groups (broad SMARTS) is 1. The number of hydrogen-bond donors (Lipinski definition) is 2. The van der Waals surface area contributed by atoms with E-state index in [2.05, 4.69) is 5.32 Å². The van der Waals surface area contributed by atoms with Gasteiger partial charge in [-0.15, -0.1) is 0 Å². The molecule has 1 rings (SSSR count). The molecule has 6 heteroatoms. The Labute approximate surface area is 119 Å². The maximum Gasteiger partial charge on any atom is 0.408 e. The summed E-state index contributed by atoms with van der Waals surface area (Å²) in [5.74, 6) is -0.996. The third kappa shape index (κ3) is 6.06. The second kappa shape index (κ2) is 6.74. The number of aliphatic carboxylic acids is 1. The van der Waals surface area contributed by atoms with E-state index >= 15 is 0 Å². The van der Waals surface area contributed by atoms with Crippen LogP contribution in [0.1, 0.15) is 40.0 Å². The average Bonchev–Trinajstić information content (AvgIpc) is 2.26. The maximum absolute atomic E-state index is 11.9. The molecular weight excluding hydrogens is 262 g/mol. The van der Waals surface area contributed by atoms with Gasteiger partial charge in [0, 0.05) is 19.3 Å². The predicted octanol–water partition coefficient (Wildman–Crippen LogP) is 2.09. The van der Waals surface area contributed by atoms with Gasteiger partial charge in [-0.1, -0.05) is 6.08 Å². The minimum Gasteiger partial charge on any atom is -0.478 e. The van der Waals surface area contributed by atoms with Gasteiger partial charge in [0.1, 0.15) is 5.60 Å². The lowest BCUT2D eigenvalue weighted by atomic mass is 9.86. The van der Waals surface area contributed by atoms with E-state index in [1.54, 1.807) is 26.8 Å². The standard InChI is InChI=1S/C14H23NO5/c1-13(2,3)20-12(18)15-14(6-4-5-11(16)17)7-9-19-10-8-14/h4-5H,6-10H2,1-3H3,(H,15,18)(H,16,17)/b5-4+. The second-order valence-corrected chi connectivity index (χ2v) is 5.96. The number of carbonyl (C=O) groups excluding carboxylic acids is 1. The van der Waals surface area contributed by atoms with Crippen LogP contribution < -0.4 is 5.32 Å². The van der Waals surface area contributed by atoms with Crippen molar-refractivity contribution in [2.75, 3.05) is 13.2 Å². The summed E-state index contributed by atoms with van der Waals surface area (Å²) in [6, 6.07) is 0. The molecule has 0 atom stereocenters. The van der Waals surface area contributed by atoms with E-state index in [1.165, 1.54) is 0 Å². The largest absolute Gasteiger partial charge is 0.478 e. The van der Waals surface area contributed by atoms with Gasteiger partial charge in [0.15, 0.2) is 0 Å². The van der Waals surface area contributed by atoms with Crippen molar-refractivity contribution in [2.45, 2.75) is 51.2 Å². The van der Waals surface area contributed by atoms with E-state index in [1.807, 2.05) is 0 Å². The quantitative estimate of drug-likeness (QED) is 0.773. The lowest BCUT2D eigenvalue weighted by Crippen LogP contribution is -2.52. The molecule has 20 heavy (non-hydrogen) atoms. The fourth-order valence-electron chi connectivity index (χ4n) is 2.05. The van der Waals surface area contributed by atoms with Crippen LogP contribution in [-0.2, 0) is 14.3 Å². The van der Waals surface area contributed by atoms with Crippen LogP contribution in [0, 0.1) is 0 Å². The number of ether oxygens (including phenoxy) is 2. The number of hydrogen-bond acceptors (Lipinski definition) is 4. The third-order valence-electron chi connectivity index (χ3n) is 2.99. The summed E-state index contributed by atoms with van der Waals surface area (Å²) in [5, 5.41) is 11.5. The number of carbonyl (C=O) groups is 2. The summed E-state index contributed by atoms with van der Waals surface area (Å²) in [7, 11) is 0. The minimum atomic E-state index is -0.996. The van der Waals surface area contributed by atoms with Crippen molar-refractivity contribution in [2.24, 2.45) is 0 Å². The molecule has 1 fully saturated rings. The second-order valence-electron chi connectivity index (χ2n) is 5.96. The van der Waals surface area contributed by atoms with Crippen molar-refractivity contribution < 1.29 is 24.2 Å². The van der Waals surface area contributed by atoms with Gasteiger partial charge in [-0.3, -0.25) is 0 Å². The van der Waals surface area contributed by atoms with Crippen molar-refractivity contribution in [3.8, 4) is 0 Å². The third-order valence-corrected chi connectivity index (χ3v) is 2.99. The molecule has 0 spiro atoms. The zero-order chi connectivity index (χ0) is 15.2. The lowest BCUT2D eigenvalue weighted by molar-refractivity contribution is -0.131. The summed E-state index contributed by atoms with van der Waals surface area (Å²) < 4.78 is 10.6. The van der Waals surface area contributed by atoms with E-state index in [4.69, 9.17) is 14.6 Å².